The van der Waals surface area contributed by atoms with E-state index >= 15 is 0 Å². The van der Waals surface area contributed by atoms with Crippen molar-refractivity contribution in [3.05, 3.63) is 39.8 Å². The van der Waals surface area contributed by atoms with Crippen molar-refractivity contribution in [2.75, 3.05) is 11.5 Å². The van der Waals surface area contributed by atoms with Gasteiger partial charge in [-0.25, -0.2) is 4.98 Å². The summed E-state index contributed by atoms with van der Waals surface area (Å²) in [6.07, 6.45) is 1.09. The minimum Gasteiger partial charge on any atom is -0.399 e. The van der Waals surface area contributed by atoms with Gasteiger partial charge in [0.05, 0.1) is 11.2 Å². The van der Waals surface area contributed by atoms with Gasteiger partial charge in [-0.3, -0.25) is 0 Å². The maximum Gasteiger partial charge on any atom is 0.0797 e. The lowest BCUT2D eigenvalue weighted by Gasteiger charge is -2.06. The van der Waals surface area contributed by atoms with E-state index in [9.17, 15) is 0 Å². The molecule has 0 bridgehead atoms. The highest BCUT2D eigenvalue weighted by molar-refractivity contribution is 7.99. The normalized spacial score (nSPS) is 10.7. The van der Waals surface area contributed by atoms with Crippen LogP contribution >= 0.6 is 23.1 Å². The van der Waals surface area contributed by atoms with Gasteiger partial charge in [0.1, 0.15) is 0 Å². The zero-order valence-electron chi connectivity index (χ0n) is 10.1. The number of thiazole rings is 1. The molecule has 2 nitrogen and oxygen atoms in total. The lowest BCUT2D eigenvalue weighted by Crippen LogP contribution is -1.91. The van der Waals surface area contributed by atoms with E-state index in [2.05, 4.69) is 24.9 Å². The van der Waals surface area contributed by atoms with Gasteiger partial charge in [-0.15, -0.1) is 23.1 Å². The molecule has 1 heterocycles. The average Bonchev–Trinajstić information content (AvgIpc) is 2.68. The largest absolute Gasteiger partial charge is 0.399 e. The zero-order valence-corrected chi connectivity index (χ0v) is 11.7. The molecule has 0 aliphatic rings. The van der Waals surface area contributed by atoms with Crippen molar-refractivity contribution >= 4 is 28.8 Å². The molecule has 0 atom stereocenters. The highest BCUT2D eigenvalue weighted by Crippen LogP contribution is 2.25. The molecular weight excluding hydrogens is 248 g/mol. The van der Waals surface area contributed by atoms with Gasteiger partial charge in [0.25, 0.3) is 0 Å². The smallest absolute Gasteiger partial charge is 0.0797 e. The number of aromatic nitrogens is 1. The van der Waals surface area contributed by atoms with Crippen molar-refractivity contribution in [1.82, 2.24) is 4.98 Å². The Hall–Kier alpha value is -1.00. The van der Waals surface area contributed by atoms with Crippen LogP contribution in [0.5, 0.6) is 0 Å². The molecule has 0 radical (unpaired) electrons. The molecule has 2 rings (SSSR count). The summed E-state index contributed by atoms with van der Waals surface area (Å²) >= 11 is 3.63. The third-order valence-electron chi connectivity index (χ3n) is 2.63. The first-order valence-electron chi connectivity index (χ1n) is 5.54. The van der Waals surface area contributed by atoms with Gasteiger partial charge in [0.2, 0.25) is 0 Å². The van der Waals surface area contributed by atoms with Gasteiger partial charge < -0.3 is 5.73 Å². The Morgan fingerprint density at radius 2 is 2.18 bits per heavy atom. The first-order valence-corrected chi connectivity index (χ1v) is 7.41. The predicted molar refractivity (Wildman–Crippen MR) is 76.9 cm³/mol. The molecule has 0 fully saturated rings. The molecule has 17 heavy (non-hydrogen) atoms. The molecule has 0 aliphatic heterocycles. The number of benzene rings is 1. The molecule has 0 saturated carbocycles. The fraction of sp³-hybridized carbons (Fsp3) is 0.308. The minimum absolute atomic E-state index is 0.838. The van der Waals surface area contributed by atoms with Gasteiger partial charge in [-0.1, -0.05) is 0 Å². The van der Waals surface area contributed by atoms with E-state index in [4.69, 9.17) is 5.73 Å². The van der Waals surface area contributed by atoms with Crippen molar-refractivity contribution < 1.29 is 0 Å². The molecule has 0 spiro atoms. The Labute approximate surface area is 110 Å². The predicted octanol–water partition coefficient (Wildman–Crippen LogP) is 3.68. The average molecular weight is 264 g/mol. The zero-order chi connectivity index (χ0) is 12.3. The number of rotatable bonds is 4. The maximum absolute atomic E-state index is 5.74. The number of anilines is 1. The van der Waals surface area contributed by atoms with Gasteiger partial charge >= 0.3 is 0 Å². The van der Waals surface area contributed by atoms with E-state index < -0.39 is 0 Å². The Morgan fingerprint density at radius 3 is 2.82 bits per heavy atom. The van der Waals surface area contributed by atoms with E-state index in [0.717, 1.165) is 17.9 Å². The summed E-state index contributed by atoms with van der Waals surface area (Å²) in [5, 5.41) is 0. The second-order valence-electron chi connectivity index (χ2n) is 3.98. The first-order chi connectivity index (χ1) is 8.16. The van der Waals surface area contributed by atoms with Crippen LogP contribution in [0.25, 0.3) is 0 Å². The van der Waals surface area contributed by atoms with Crippen LogP contribution in [0.1, 0.15) is 16.1 Å². The molecule has 0 amide bonds. The van der Waals surface area contributed by atoms with Crippen molar-refractivity contribution in [3.8, 4) is 0 Å². The monoisotopic (exact) mass is 264 g/mol. The molecule has 2 N–H and O–H groups in total. The molecule has 2 aromatic rings. The van der Waals surface area contributed by atoms with E-state index in [1.54, 1.807) is 11.3 Å². The second kappa shape index (κ2) is 5.56. The Morgan fingerprint density at radius 1 is 1.35 bits per heavy atom. The topological polar surface area (TPSA) is 38.9 Å². The van der Waals surface area contributed by atoms with Gasteiger partial charge in [-0.05, 0) is 44.0 Å². The van der Waals surface area contributed by atoms with Crippen LogP contribution in [-0.2, 0) is 6.42 Å². The lowest BCUT2D eigenvalue weighted by atomic mass is 10.2. The molecule has 4 heteroatoms. The SMILES string of the molecule is Cc1cc(N)ccc1SCCc1scnc1C. The van der Waals surface area contributed by atoms with Crippen molar-refractivity contribution in [3.63, 3.8) is 0 Å². The standard InChI is InChI=1S/C13H16N2S2/c1-9-7-11(14)3-4-12(9)16-6-5-13-10(2)15-8-17-13/h3-4,7-8H,5-6,14H2,1-2H3. The number of nitrogens with zero attached hydrogens (tertiary/aromatic N) is 1. The van der Waals surface area contributed by atoms with Crippen LogP contribution in [0, 0.1) is 13.8 Å². The van der Waals surface area contributed by atoms with E-state index in [1.165, 1.54) is 21.0 Å². The molecule has 0 aliphatic carbocycles. The summed E-state index contributed by atoms with van der Waals surface area (Å²) in [5.41, 5.74) is 10.9. The Bertz CT molecular complexity index is 506. The number of hydrogen-bond acceptors (Lipinski definition) is 4. The Balaban J connectivity index is 1.92. The molecule has 0 saturated heterocycles. The van der Waals surface area contributed by atoms with Gasteiger partial charge in [0, 0.05) is 21.2 Å². The molecule has 0 unspecified atom stereocenters. The van der Waals surface area contributed by atoms with Crippen LogP contribution in [0.2, 0.25) is 0 Å². The molecule has 90 valence electrons. The highest BCUT2D eigenvalue weighted by atomic mass is 32.2. The third-order valence-corrected chi connectivity index (χ3v) is 4.80. The van der Waals surface area contributed by atoms with Crippen LogP contribution in [0.3, 0.4) is 0 Å². The summed E-state index contributed by atoms with van der Waals surface area (Å²) < 4.78 is 0. The number of aryl methyl sites for hydroxylation is 3. The fourth-order valence-electron chi connectivity index (χ4n) is 1.65. The molecule has 1 aromatic heterocycles. The fourth-order valence-corrected chi connectivity index (χ4v) is 3.54. The van der Waals surface area contributed by atoms with Gasteiger partial charge in [0.15, 0.2) is 0 Å². The number of hydrogen-bond donors (Lipinski definition) is 1. The lowest BCUT2D eigenvalue weighted by molar-refractivity contribution is 1.12. The van der Waals surface area contributed by atoms with E-state index in [-0.39, 0.29) is 0 Å². The van der Waals surface area contributed by atoms with E-state index in [0.29, 0.717) is 0 Å². The van der Waals surface area contributed by atoms with Crippen molar-refractivity contribution in [2.24, 2.45) is 0 Å². The quantitative estimate of drug-likeness (QED) is 0.676. The molecule has 1 aromatic carbocycles. The first kappa shape index (κ1) is 12.5. The number of nitrogens with two attached hydrogens (primary N) is 1. The summed E-state index contributed by atoms with van der Waals surface area (Å²) in [4.78, 5) is 6.98. The van der Waals surface area contributed by atoms with Gasteiger partial charge in [-0.2, -0.15) is 0 Å². The number of nitrogen functional groups attached to an aromatic ring is 1. The molecular formula is C13H16N2S2. The summed E-state index contributed by atoms with van der Waals surface area (Å²) in [6, 6.07) is 6.10. The van der Waals surface area contributed by atoms with Crippen LogP contribution in [0.15, 0.2) is 28.6 Å². The van der Waals surface area contributed by atoms with Crippen LogP contribution in [-0.4, -0.2) is 10.7 Å². The summed E-state index contributed by atoms with van der Waals surface area (Å²) in [6.45, 7) is 4.18. The van der Waals surface area contributed by atoms with E-state index in [1.807, 2.05) is 29.4 Å². The Kier molecular flexibility index (Phi) is 4.07. The third kappa shape index (κ3) is 3.23. The second-order valence-corrected chi connectivity index (χ2v) is 6.06. The highest BCUT2D eigenvalue weighted by Gasteiger charge is 2.03. The van der Waals surface area contributed by atoms with Crippen molar-refractivity contribution in [2.45, 2.75) is 25.2 Å². The number of thioether (sulfide) groups is 1. The van der Waals surface area contributed by atoms with Crippen molar-refractivity contribution in [1.29, 1.82) is 0 Å². The van der Waals surface area contributed by atoms with Crippen LogP contribution < -0.4 is 5.73 Å². The van der Waals surface area contributed by atoms with Crippen LogP contribution in [0.4, 0.5) is 5.69 Å². The maximum atomic E-state index is 5.74. The minimum atomic E-state index is 0.838. The summed E-state index contributed by atoms with van der Waals surface area (Å²) in [5.74, 6) is 1.09. The summed E-state index contributed by atoms with van der Waals surface area (Å²) in [7, 11) is 0.